The number of anilines is 2. The lowest BCUT2D eigenvalue weighted by atomic mass is 10.2. The van der Waals surface area contributed by atoms with Crippen LogP contribution in [0, 0.1) is 0 Å². The maximum Gasteiger partial charge on any atom is 0.416 e. The van der Waals surface area contributed by atoms with Crippen LogP contribution in [0.15, 0.2) is 12.1 Å². The quantitative estimate of drug-likeness (QED) is 0.874. The van der Waals surface area contributed by atoms with Crippen LogP contribution in [0.5, 0.6) is 0 Å². The summed E-state index contributed by atoms with van der Waals surface area (Å²) in [6, 6.07) is 2.03. The third-order valence-corrected chi connectivity index (χ3v) is 2.66. The summed E-state index contributed by atoms with van der Waals surface area (Å²) in [6.45, 7) is 4.71. The van der Waals surface area contributed by atoms with Gasteiger partial charge in [0.15, 0.2) is 0 Å². The van der Waals surface area contributed by atoms with Crippen LogP contribution in [0.2, 0.25) is 0 Å². The van der Waals surface area contributed by atoms with Gasteiger partial charge in [0.1, 0.15) is 11.6 Å². The van der Waals surface area contributed by atoms with Gasteiger partial charge in [0.25, 0.3) is 0 Å². The Kier molecular flexibility index (Phi) is 5.62. The lowest BCUT2D eigenvalue weighted by Gasteiger charge is -2.21. The van der Waals surface area contributed by atoms with Crippen molar-refractivity contribution in [2.24, 2.45) is 0 Å². The van der Waals surface area contributed by atoms with E-state index in [2.05, 4.69) is 10.3 Å². The minimum atomic E-state index is -4.39. The molecule has 0 aliphatic heterocycles. The van der Waals surface area contributed by atoms with Crippen LogP contribution in [0.3, 0.4) is 0 Å². The van der Waals surface area contributed by atoms with Crippen LogP contribution in [0.25, 0.3) is 0 Å². The molecule has 1 heterocycles. The molecule has 0 saturated heterocycles. The molecule has 0 amide bonds. The van der Waals surface area contributed by atoms with Crippen LogP contribution in [0.4, 0.5) is 24.8 Å². The fourth-order valence-electron chi connectivity index (χ4n) is 1.54. The molecule has 0 aliphatic rings. The first kappa shape index (κ1) is 16.6. The Hall–Kier alpha value is -1.50. The summed E-state index contributed by atoms with van der Waals surface area (Å²) in [4.78, 5) is 5.76. The molecule has 1 rings (SSSR count). The summed E-state index contributed by atoms with van der Waals surface area (Å²) in [5.74, 6) is 0.447. The average molecular weight is 291 g/mol. The minimum absolute atomic E-state index is 0.0886. The molecule has 1 aromatic heterocycles. The molecule has 0 radical (unpaired) electrons. The Balaban J connectivity index is 2.88. The number of hydrogen-bond acceptors (Lipinski definition) is 4. The molecule has 0 aromatic carbocycles. The molecule has 0 aliphatic carbocycles. The fourth-order valence-corrected chi connectivity index (χ4v) is 1.54. The maximum absolute atomic E-state index is 12.8. The molecule has 0 atom stereocenters. The number of likely N-dealkylation sites (N-methyl/N-ethyl adjacent to an activating group) is 1. The number of alkyl halides is 3. The van der Waals surface area contributed by atoms with Gasteiger partial charge >= 0.3 is 6.18 Å². The van der Waals surface area contributed by atoms with E-state index in [9.17, 15) is 13.2 Å². The molecule has 1 aromatic rings. The predicted octanol–water partition coefficient (Wildman–Crippen LogP) is 3.00. The average Bonchev–Trinajstić information content (AvgIpc) is 2.36. The van der Waals surface area contributed by atoms with E-state index < -0.39 is 11.7 Å². The topological polar surface area (TPSA) is 37.4 Å². The van der Waals surface area contributed by atoms with Gasteiger partial charge in [-0.3, -0.25) is 0 Å². The third kappa shape index (κ3) is 4.88. The van der Waals surface area contributed by atoms with Crippen molar-refractivity contribution < 1.29 is 17.9 Å². The van der Waals surface area contributed by atoms with Crippen LogP contribution in [-0.4, -0.2) is 38.3 Å². The van der Waals surface area contributed by atoms with Crippen LogP contribution in [0.1, 0.15) is 19.4 Å². The fraction of sp³-hybridized carbons (Fsp3) is 0.615. The monoisotopic (exact) mass is 291 g/mol. The van der Waals surface area contributed by atoms with Gasteiger partial charge < -0.3 is 15.0 Å². The normalized spacial score (nSPS) is 11.8. The van der Waals surface area contributed by atoms with Gasteiger partial charge in [0, 0.05) is 20.6 Å². The van der Waals surface area contributed by atoms with Gasteiger partial charge in [0.2, 0.25) is 0 Å². The van der Waals surface area contributed by atoms with E-state index >= 15 is 0 Å². The molecule has 0 saturated carbocycles. The summed E-state index contributed by atoms with van der Waals surface area (Å²) < 4.78 is 43.8. The Labute approximate surface area is 116 Å². The Bertz CT molecular complexity index is 435. The molecule has 0 unspecified atom stereocenters. The molecule has 7 heteroatoms. The number of halogens is 3. The van der Waals surface area contributed by atoms with Crippen molar-refractivity contribution in [2.75, 3.05) is 37.5 Å². The lowest BCUT2D eigenvalue weighted by molar-refractivity contribution is -0.137. The zero-order valence-electron chi connectivity index (χ0n) is 12.1. The minimum Gasteiger partial charge on any atom is -0.377 e. The highest BCUT2D eigenvalue weighted by atomic mass is 19.4. The highest BCUT2D eigenvalue weighted by Gasteiger charge is 2.32. The summed E-state index contributed by atoms with van der Waals surface area (Å²) in [5.41, 5.74) is -0.719. The molecule has 4 nitrogen and oxygen atoms in total. The van der Waals surface area contributed by atoms with E-state index in [0.717, 1.165) is 12.1 Å². The summed E-state index contributed by atoms with van der Waals surface area (Å²) >= 11 is 0. The number of hydrogen-bond donors (Lipinski definition) is 1. The number of ether oxygens (including phenoxy) is 1. The van der Waals surface area contributed by atoms with Gasteiger partial charge in [0.05, 0.1) is 18.3 Å². The molecular formula is C13H20F3N3O. The molecule has 0 fully saturated rings. The van der Waals surface area contributed by atoms with Crippen molar-refractivity contribution in [3.05, 3.63) is 17.7 Å². The van der Waals surface area contributed by atoms with E-state index in [1.165, 1.54) is 7.05 Å². The van der Waals surface area contributed by atoms with Crippen LogP contribution >= 0.6 is 0 Å². The molecular weight excluding hydrogens is 271 g/mol. The summed E-state index contributed by atoms with van der Waals surface area (Å²) in [5, 5.41) is 2.64. The SMILES string of the molecule is CNc1cc(C(F)(F)F)cc(N(C)CCOC(C)C)n1. The lowest BCUT2D eigenvalue weighted by Crippen LogP contribution is -2.25. The van der Waals surface area contributed by atoms with E-state index in [0.29, 0.717) is 13.2 Å². The molecule has 0 spiro atoms. The number of pyridine rings is 1. The standard InChI is InChI=1S/C13H20F3N3O/c1-9(2)20-6-5-19(4)12-8-10(13(14,15)16)7-11(17-3)18-12/h7-9H,5-6H2,1-4H3,(H,17,18). The van der Waals surface area contributed by atoms with Crippen LogP contribution < -0.4 is 10.2 Å². The summed E-state index contributed by atoms with van der Waals surface area (Å²) in [6.07, 6.45) is -4.30. The Morgan fingerprint density at radius 2 is 2.00 bits per heavy atom. The third-order valence-electron chi connectivity index (χ3n) is 2.66. The maximum atomic E-state index is 12.8. The molecule has 1 N–H and O–H groups in total. The molecule has 0 bridgehead atoms. The van der Waals surface area contributed by atoms with Gasteiger partial charge in [-0.15, -0.1) is 0 Å². The largest absolute Gasteiger partial charge is 0.416 e. The van der Waals surface area contributed by atoms with E-state index in [-0.39, 0.29) is 17.7 Å². The number of nitrogens with one attached hydrogen (secondary N) is 1. The number of aromatic nitrogens is 1. The molecule has 114 valence electrons. The number of rotatable bonds is 6. The zero-order chi connectivity index (χ0) is 15.3. The van der Waals surface area contributed by atoms with Gasteiger partial charge in [-0.25, -0.2) is 4.98 Å². The van der Waals surface area contributed by atoms with E-state index in [1.807, 2.05) is 13.8 Å². The van der Waals surface area contributed by atoms with Crippen molar-refractivity contribution >= 4 is 11.6 Å². The molecule has 20 heavy (non-hydrogen) atoms. The number of nitrogens with zero attached hydrogens (tertiary/aromatic N) is 2. The zero-order valence-corrected chi connectivity index (χ0v) is 12.1. The second kappa shape index (κ2) is 6.78. The van der Waals surface area contributed by atoms with Crippen molar-refractivity contribution in [1.82, 2.24) is 4.98 Å². The second-order valence-electron chi connectivity index (χ2n) is 4.69. The van der Waals surface area contributed by atoms with Crippen molar-refractivity contribution in [1.29, 1.82) is 0 Å². The van der Waals surface area contributed by atoms with E-state index in [4.69, 9.17) is 4.74 Å². The highest BCUT2D eigenvalue weighted by Crippen LogP contribution is 2.32. The first-order chi connectivity index (χ1) is 9.24. The second-order valence-corrected chi connectivity index (χ2v) is 4.69. The summed E-state index contributed by atoms with van der Waals surface area (Å²) in [7, 11) is 3.22. The predicted molar refractivity (Wildman–Crippen MR) is 73.1 cm³/mol. The highest BCUT2D eigenvalue weighted by molar-refractivity contribution is 5.50. The first-order valence-electron chi connectivity index (χ1n) is 6.33. The van der Waals surface area contributed by atoms with E-state index in [1.54, 1.807) is 11.9 Å². The van der Waals surface area contributed by atoms with Gasteiger partial charge in [-0.2, -0.15) is 13.2 Å². The first-order valence-corrected chi connectivity index (χ1v) is 6.33. The van der Waals surface area contributed by atoms with Gasteiger partial charge in [-0.1, -0.05) is 0 Å². The van der Waals surface area contributed by atoms with Gasteiger partial charge in [-0.05, 0) is 26.0 Å². The van der Waals surface area contributed by atoms with Crippen molar-refractivity contribution in [2.45, 2.75) is 26.1 Å². The Morgan fingerprint density at radius 1 is 1.35 bits per heavy atom. The smallest absolute Gasteiger partial charge is 0.377 e. The Morgan fingerprint density at radius 3 is 2.50 bits per heavy atom. The van der Waals surface area contributed by atoms with Crippen LogP contribution in [-0.2, 0) is 10.9 Å². The van der Waals surface area contributed by atoms with Crippen molar-refractivity contribution in [3.8, 4) is 0 Å². The van der Waals surface area contributed by atoms with Crippen molar-refractivity contribution in [3.63, 3.8) is 0 Å².